The lowest BCUT2D eigenvalue weighted by Crippen LogP contribution is -2.31. The molecule has 2 aromatic carbocycles. The fraction of sp³-hybridized carbons (Fsp3) is 0.125. The summed E-state index contributed by atoms with van der Waals surface area (Å²) in [5.74, 6) is 0.185. The Kier molecular flexibility index (Phi) is 5.66. The summed E-state index contributed by atoms with van der Waals surface area (Å²) >= 11 is 5.80. The van der Waals surface area contributed by atoms with Gasteiger partial charge < -0.3 is 4.74 Å². The first-order valence-corrected chi connectivity index (χ1v) is 8.84. The van der Waals surface area contributed by atoms with E-state index in [0.29, 0.717) is 5.02 Å². The van der Waals surface area contributed by atoms with Crippen LogP contribution in [0.25, 0.3) is 0 Å². The van der Waals surface area contributed by atoms with Crippen LogP contribution in [0.3, 0.4) is 0 Å². The van der Waals surface area contributed by atoms with E-state index in [0.717, 1.165) is 10.4 Å². The number of hydrogen-bond acceptors (Lipinski definition) is 5. The van der Waals surface area contributed by atoms with Gasteiger partial charge in [-0.1, -0.05) is 17.7 Å². The molecule has 0 spiro atoms. The monoisotopic (exact) mass is 382 g/mol. The number of hydrogen-bond donors (Lipinski definition) is 0. The predicted octanol–water partition coefficient (Wildman–Crippen LogP) is 3.64. The summed E-state index contributed by atoms with van der Waals surface area (Å²) in [6.07, 6.45) is 1.38. The van der Waals surface area contributed by atoms with Crippen molar-refractivity contribution in [3.63, 3.8) is 0 Å². The van der Waals surface area contributed by atoms with E-state index in [2.05, 4.69) is 6.58 Å². The molecule has 0 unspecified atom stereocenters. The van der Waals surface area contributed by atoms with Crippen molar-refractivity contribution in [3.8, 4) is 5.75 Å². The normalized spacial score (nSPS) is 11.0. The van der Waals surface area contributed by atoms with Gasteiger partial charge in [0.25, 0.3) is 15.7 Å². The van der Waals surface area contributed by atoms with Gasteiger partial charge in [0.15, 0.2) is 0 Å². The van der Waals surface area contributed by atoms with Crippen LogP contribution in [0.5, 0.6) is 5.75 Å². The van der Waals surface area contributed by atoms with E-state index in [-0.39, 0.29) is 28.6 Å². The summed E-state index contributed by atoms with van der Waals surface area (Å²) in [6, 6.07) is 9.35. The number of halogens is 1. The number of ether oxygens (including phenoxy) is 1. The Labute approximate surface area is 150 Å². The van der Waals surface area contributed by atoms with Crippen molar-refractivity contribution >= 4 is 33.0 Å². The van der Waals surface area contributed by atoms with Crippen LogP contribution in [0.1, 0.15) is 0 Å². The molecule has 0 aliphatic heterocycles. The van der Waals surface area contributed by atoms with Gasteiger partial charge in [-0.25, -0.2) is 8.42 Å². The molecule has 0 aliphatic carbocycles. The van der Waals surface area contributed by atoms with Crippen LogP contribution in [0.4, 0.5) is 11.4 Å². The Morgan fingerprint density at radius 1 is 1.28 bits per heavy atom. The van der Waals surface area contributed by atoms with Crippen molar-refractivity contribution in [1.29, 1.82) is 0 Å². The van der Waals surface area contributed by atoms with Crippen LogP contribution in [-0.2, 0) is 10.0 Å². The number of methoxy groups -OCH3 is 1. The highest BCUT2D eigenvalue weighted by molar-refractivity contribution is 7.92. The standard InChI is InChI=1S/C16H15ClN2O5S/c1-3-10-18(25(22,23)14-7-4-12(17)5-8-14)15-11-13(19(20)21)6-9-16(15)24-2/h3-9,11H,1,10H2,2H3. The molecule has 0 bridgehead atoms. The molecular formula is C16H15ClN2O5S. The Bertz CT molecular complexity index is 897. The molecular weight excluding hydrogens is 368 g/mol. The van der Waals surface area contributed by atoms with Gasteiger partial charge in [-0.3, -0.25) is 14.4 Å². The van der Waals surface area contributed by atoms with Crippen molar-refractivity contribution in [3.05, 3.63) is 70.3 Å². The van der Waals surface area contributed by atoms with Crippen molar-refractivity contribution in [2.45, 2.75) is 4.90 Å². The summed E-state index contributed by atoms with van der Waals surface area (Å²) in [5.41, 5.74) is -0.206. The highest BCUT2D eigenvalue weighted by Gasteiger charge is 2.28. The summed E-state index contributed by atoms with van der Waals surface area (Å²) in [5, 5.41) is 11.4. The first-order chi connectivity index (χ1) is 11.8. The van der Waals surface area contributed by atoms with Gasteiger partial charge in [0.1, 0.15) is 11.4 Å². The van der Waals surface area contributed by atoms with Crippen molar-refractivity contribution in [2.75, 3.05) is 18.0 Å². The van der Waals surface area contributed by atoms with Gasteiger partial charge in [-0.2, -0.15) is 0 Å². The molecule has 2 rings (SSSR count). The molecule has 132 valence electrons. The van der Waals surface area contributed by atoms with Gasteiger partial charge in [0, 0.05) is 17.2 Å². The molecule has 9 heteroatoms. The second-order valence-corrected chi connectivity index (χ2v) is 7.19. The molecule has 0 aromatic heterocycles. The predicted molar refractivity (Wildman–Crippen MR) is 95.8 cm³/mol. The molecule has 2 aromatic rings. The number of sulfonamides is 1. The molecule has 0 amide bonds. The average Bonchev–Trinajstić information content (AvgIpc) is 2.59. The molecule has 0 N–H and O–H groups in total. The quantitative estimate of drug-likeness (QED) is 0.414. The van der Waals surface area contributed by atoms with E-state index in [1.54, 1.807) is 0 Å². The Morgan fingerprint density at radius 3 is 2.44 bits per heavy atom. The molecule has 0 aliphatic rings. The zero-order chi connectivity index (χ0) is 18.6. The molecule has 0 saturated carbocycles. The summed E-state index contributed by atoms with van der Waals surface area (Å²) in [4.78, 5) is 10.4. The second kappa shape index (κ2) is 7.54. The van der Waals surface area contributed by atoms with E-state index in [9.17, 15) is 18.5 Å². The minimum atomic E-state index is -4.01. The van der Waals surface area contributed by atoms with Crippen molar-refractivity contribution in [1.82, 2.24) is 0 Å². The summed E-state index contributed by atoms with van der Waals surface area (Å²) in [6.45, 7) is 3.46. The maximum atomic E-state index is 13.0. The fourth-order valence-electron chi connectivity index (χ4n) is 2.16. The highest BCUT2D eigenvalue weighted by Crippen LogP contribution is 2.35. The Morgan fingerprint density at radius 2 is 1.92 bits per heavy atom. The maximum absolute atomic E-state index is 13.0. The lowest BCUT2D eigenvalue weighted by molar-refractivity contribution is -0.384. The van der Waals surface area contributed by atoms with Crippen molar-refractivity contribution < 1.29 is 18.1 Å². The first-order valence-electron chi connectivity index (χ1n) is 7.03. The number of non-ortho nitro benzene ring substituents is 1. The molecule has 25 heavy (non-hydrogen) atoms. The number of anilines is 1. The molecule has 0 heterocycles. The smallest absolute Gasteiger partial charge is 0.271 e. The van der Waals surface area contributed by atoms with E-state index in [1.807, 2.05) is 0 Å². The second-order valence-electron chi connectivity index (χ2n) is 4.89. The SMILES string of the molecule is C=CCN(c1cc([N+](=O)[O-])ccc1OC)S(=O)(=O)c1ccc(Cl)cc1. The summed E-state index contributed by atoms with van der Waals surface area (Å²) in [7, 11) is -2.65. The van der Waals surface area contributed by atoms with Crippen LogP contribution in [0.15, 0.2) is 60.0 Å². The van der Waals surface area contributed by atoms with E-state index in [1.165, 1.54) is 49.6 Å². The van der Waals surface area contributed by atoms with Gasteiger partial charge in [-0.15, -0.1) is 6.58 Å². The van der Waals surface area contributed by atoms with Crippen LogP contribution < -0.4 is 9.04 Å². The molecule has 7 nitrogen and oxygen atoms in total. The highest BCUT2D eigenvalue weighted by atomic mass is 35.5. The molecule has 0 saturated heterocycles. The number of benzene rings is 2. The van der Waals surface area contributed by atoms with Crippen LogP contribution in [-0.4, -0.2) is 27.0 Å². The van der Waals surface area contributed by atoms with E-state index in [4.69, 9.17) is 16.3 Å². The Hall–Kier alpha value is -2.58. The minimum absolute atomic E-state index is 0.00712. The third-order valence-corrected chi connectivity index (χ3v) is 5.38. The maximum Gasteiger partial charge on any atom is 0.271 e. The fourth-order valence-corrected chi connectivity index (χ4v) is 3.73. The minimum Gasteiger partial charge on any atom is -0.495 e. The van der Waals surface area contributed by atoms with Gasteiger partial charge >= 0.3 is 0 Å². The largest absolute Gasteiger partial charge is 0.495 e. The number of nitro benzene ring substituents is 1. The van der Waals surface area contributed by atoms with Crippen LogP contribution >= 0.6 is 11.6 Å². The number of nitrogens with zero attached hydrogens (tertiary/aromatic N) is 2. The van der Waals surface area contributed by atoms with Gasteiger partial charge in [0.05, 0.1) is 23.5 Å². The van der Waals surface area contributed by atoms with E-state index >= 15 is 0 Å². The third-order valence-electron chi connectivity index (χ3n) is 3.34. The third kappa shape index (κ3) is 3.92. The number of rotatable bonds is 7. The van der Waals surface area contributed by atoms with Crippen LogP contribution in [0.2, 0.25) is 5.02 Å². The first kappa shape index (κ1) is 18.8. The van der Waals surface area contributed by atoms with Crippen LogP contribution in [0, 0.1) is 10.1 Å². The average molecular weight is 383 g/mol. The van der Waals surface area contributed by atoms with E-state index < -0.39 is 14.9 Å². The molecule has 0 atom stereocenters. The zero-order valence-electron chi connectivity index (χ0n) is 13.3. The lowest BCUT2D eigenvalue weighted by Gasteiger charge is -2.24. The molecule has 0 radical (unpaired) electrons. The van der Waals surface area contributed by atoms with Crippen molar-refractivity contribution in [2.24, 2.45) is 0 Å². The zero-order valence-corrected chi connectivity index (χ0v) is 14.8. The topological polar surface area (TPSA) is 89.8 Å². The van der Waals surface area contributed by atoms with Gasteiger partial charge in [0.2, 0.25) is 0 Å². The molecule has 0 fully saturated rings. The Balaban J connectivity index is 2.65. The number of nitro groups is 1. The lowest BCUT2D eigenvalue weighted by atomic mass is 10.2. The van der Waals surface area contributed by atoms with Gasteiger partial charge in [-0.05, 0) is 30.3 Å². The summed E-state index contributed by atoms with van der Waals surface area (Å²) < 4.78 is 32.2.